The molecule has 2 rings (SSSR count). The van der Waals surface area contributed by atoms with Crippen LogP contribution in [0.3, 0.4) is 0 Å². The largest absolute Gasteiger partial charge is 0.393 e. The van der Waals surface area contributed by atoms with Gasteiger partial charge in [0, 0.05) is 13.1 Å². The molecule has 1 aliphatic heterocycles. The third-order valence-corrected chi connectivity index (χ3v) is 4.19. The molecule has 5 nitrogen and oxygen atoms in total. The van der Waals surface area contributed by atoms with Crippen molar-refractivity contribution in [2.24, 2.45) is 16.8 Å². The minimum Gasteiger partial charge on any atom is -0.393 e. The van der Waals surface area contributed by atoms with Gasteiger partial charge in [-0.15, -0.1) is 0 Å². The average molecular weight is 267 g/mol. The average Bonchev–Trinajstić information content (AvgIpc) is 2.42. The van der Waals surface area contributed by atoms with Crippen molar-refractivity contribution < 1.29 is 9.90 Å². The number of aliphatic hydroxyl groups is 1. The molecular weight excluding hydrogens is 242 g/mol. The lowest BCUT2D eigenvalue weighted by molar-refractivity contribution is -0.125. The van der Waals surface area contributed by atoms with Gasteiger partial charge < -0.3 is 5.11 Å². The fraction of sp³-hybridized carbons (Fsp3) is 0.857. The third kappa shape index (κ3) is 4.01. The van der Waals surface area contributed by atoms with Crippen molar-refractivity contribution in [2.45, 2.75) is 51.6 Å². The number of carbonyl (C=O) groups excluding carboxylic acids is 1. The number of nitrogens with one attached hydrogen (secondary N) is 1. The highest BCUT2D eigenvalue weighted by Gasteiger charge is 2.34. The number of aliphatic hydroxyl groups excluding tert-OH is 1. The zero-order valence-corrected chi connectivity index (χ0v) is 11.7. The molecule has 0 bridgehead atoms. The van der Waals surface area contributed by atoms with Crippen LogP contribution in [-0.4, -0.2) is 41.6 Å². The van der Waals surface area contributed by atoms with Crippen LogP contribution in [0.25, 0.3) is 0 Å². The van der Waals surface area contributed by atoms with Gasteiger partial charge in [-0.2, -0.15) is 0 Å². The molecule has 1 amide bonds. The smallest absolute Gasteiger partial charge is 0.252 e. The molecule has 2 N–H and O–H groups in total. The number of nitrogens with zero attached hydrogens (tertiary/aromatic N) is 2. The summed E-state index contributed by atoms with van der Waals surface area (Å²) >= 11 is 0. The summed E-state index contributed by atoms with van der Waals surface area (Å²) in [4.78, 5) is 15.9. The van der Waals surface area contributed by atoms with Gasteiger partial charge in [-0.1, -0.05) is 13.3 Å². The number of carbonyl (C=O) groups is 1. The molecule has 19 heavy (non-hydrogen) atoms. The standard InChI is InChI=1S/C14H25N3O2/c1-2-3-8-16-17-9-13(14(19)15-10-17)11-4-6-12(18)7-5-11/h10-13,16,18H,2-9H2,1H3. The maximum Gasteiger partial charge on any atom is 0.252 e. The van der Waals surface area contributed by atoms with E-state index in [1.165, 1.54) is 0 Å². The summed E-state index contributed by atoms with van der Waals surface area (Å²) in [6, 6.07) is 0. The number of unbranched alkanes of at least 4 members (excludes halogenated alkanes) is 1. The molecule has 1 heterocycles. The summed E-state index contributed by atoms with van der Waals surface area (Å²) in [5.74, 6) is 0.380. The van der Waals surface area contributed by atoms with Crippen molar-refractivity contribution in [3.05, 3.63) is 0 Å². The molecule has 0 spiro atoms. The van der Waals surface area contributed by atoms with E-state index in [2.05, 4.69) is 17.3 Å². The van der Waals surface area contributed by atoms with Gasteiger partial charge in [0.15, 0.2) is 0 Å². The van der Waals surface area contributed by atoms with Crippen molar-refractivity contribution in [1.29, 1.82) is 0 Å². The lowest BCUT2D eigenvalue weighted by Gasteiger charge is -2.35. The van der Waals surface area contributed by atoms with E-state index in [1.807, 2.05) is 5.01 Å². The lowest BCUT2D eigenvalue weighted by atomic mass is 9.78. The third-order valence-electron chi connectivity index (χ3n) is 4.19. The van der Waals surface area contributed by atoms with Crippen LogP contribution in [0.4, 0.5) is 0 Å². The Bertz CT molecular complexity index is 325. The fourth-order valence-corrected chi connectivity index (χ4v) is 2.92. The normalized spacial score (nSPS) is 31.8. The first-order chi connectivity index (χ1) is 9.20. The molecule has 0 saturated heterocycles. The van der Waals surface area contributed by atoms with Crippen LogP contribution < -0.4 is 5.43 Å². The first-order valence-corrected chi connectivity index (χ1v) is 7.47. The second kappa shape index (κ2) is 7.01. The number of hydrazine groups is 1. The van der Waals surface area contributed by atoms with Crippen molar-refractivity contribution >= 4 is 12.2 Å². The van der Waals surface area contributed by atoms with Gasteiger partial charge in [-0.3, -0.25) is 9.80 Å². The van der Waals surface area contributed by atoms with Gasteiger partial charge in [0.2, 0.25) is 0 Å². The van der Waals surface area contributed by atoms with Crippen molar-refractivity contribution in [1.82, 2.24) is 10.4 Å². The Morgan fingerprint density at radius 2 is 2.16 bits per heavy atom. The van der Waals surface area contributed by atoms with E-state index in [9.17, 15) is 9.90 Å². The van der Waals surface area contributed by atoms with E-state index in [1.54, 1.807) is 6.34 Å². The Kier molecular flexibility index (Phi) is 5.34. The predicted molar refractivity (Wildman–Crippen MR) is 74.6 cm³/mol. The molecule has 1 aliphatic carbocycles. The van der Waals surface area contributed by atoms with Crippen molar-refractivity contribution in [2.75, 3.05) is 13.1 Å². The number of hydrogen-bond donors (Lipinski definition) is 2. The maximum absolute atomic E-state index is 11.9. The first kappa shape index (κ1) is 14.5. The van der Waals surface area contributed by atoms with Crippen LogP contribution in [0.2, 0.25) is 0 Å². The lowest BCUT2D eigenvalue weighted by Crippen LogP contribution is -2.47. The minimum atomic E-state index is -0.169. The topological polar surface area (TPSA) is 64.9 Å². The molecule has 1 atom stereocenters. The molecule has 108 valence electrons. The van der Waals surface area contributed by atoms with Gasteiger partial charge in [0.25, 0.3) is 5.91 Å². The fourth-order valence-electron chi connectivity index (χ4n) is 2.92. The van der Waals surface area contributed by atoms with E-state index in [0.29, 0.717) is 12.5 Å². The summed E-state index contributed by atoms with van der Waals surface area (Å²) in [6.45, 7) is 3.80. The molecule has 0 aromatic rings. The quantitative estimate of drug-likeness (QED) is 0.738. The Labute approximate surface area is 115 Å². The monoisotopic (exact) mass is 267 g/mol. The van der Waals surface area contributed by atoms with E-state index >= 15 is 0 Å². The maximum atomic E-state index is 11.9. The molecule has 0 radical (unpaired) electrons. The highest BCUT2D eigenvalue weighted by Crippen LogP contribution is 2.32. The summed E-state index contributed by atoms with van der Waals surface area (Å²) in [7, 11) is 0. The summed E-state index contributed by atoms with van der Waals surface area (Å²) < 4.78 is 0. The Morgan fingerprint density at radius 3 is 2.84 bits per heavy atom. The molecule has 1 saturated carbocycles. The van der Waals surface area contributed by atoms with E-state index in [-0.39, 0.29) is 17.9 Å². The molecule has 0 aromatic heterocycles. The second-order valence-electron chi connectivity index (χ2n) is 5.67. The zero-order chi connectivity index (χ0) is 13.7. The number of amides is 1. The van der Waals surface area contributed by atoms with Crippen molar-refractivity contribution in [3.8, 4) is 0 Å². The van der Waals surface area contributed by atoms with Crippen LogP contribution in [0.1, 0.15) is 45.4 Å². The Balaban J connectivity index is 1.86. The zero-order valence-electron chi connectivity index (χ0n) is 11.7. The van der Waals surface area contributed by atoms with Crippen LogP contribution in [0.5, 0.6) is 0 Å². The van der Waals surface area contributed by atoms with Crippen LogP contribution in [0.15, 0.2) is 4.99 Å². The van der Waals surface area contributed by atoms with E-state index in [0.717, 1.165) is 45.1 Å². The highest BCUT2D eigenvalue weighted by molar-refractivity contribution is 5.88. The second-order valence-corrected chi connectivity index (χ2v) is 5.67. The van der Waals surface area contributed by atoms with Crippen LogP contribution in [-0.2, 0) is 4.79 Å². The summed E-state index contributed by atoms with van der Waals surface area (Å²) in [5, 5.41) is 11.5. The number of hydrogen-bond acceptors (Lipinski definition) is 4. The predicted octanol–water partition coefficient (Wildman–Crippen LogP) is 1.33. The molecular formula is C14H25N3O2. The number of rotatable bonds is 5. The van der Waals surface area contributed by atoms with Gasteiger partial charge in [0.05, 0.1) is 12.0 Å². The number of aliphatic imine (C=N–C) groups is 1. The molecule has 5 heteroatoms. The molecule has 1 fully saturated rings. The first-order valence-electron chi connectivity index (χ1n) is 7.47. The van der Waals surface area contributed by atoms with Crippen molar-refractivity contribution in [3.63, 3.8) is 0 Å². The SMILES string of the molecule is CCCCNN1C=NC(=O)C(C2CCC(O)CC2)C1. The Hall–Kier alpha value is -0.940. The van der Waals surface area contributed by atoms with Crippen LogP contribution in [0, 0.1) is 11.8 Å². The Morgan fingerprint density at radius 1 is 1.42 bits per heavy atom. The van der Waals surface area contributed by atoms with Gasteiger partial charge in [0.1, 0.15) is 6.34 Å². The van der Waals surface area contributed by atoms with E-state index in [4.69, 9.17) is 0 Å². The summed E-state index contributed by atoms with van der Waals surface area (Å²) in [5.41, 5.74) is 3.30. The van der Waals surface area contributed by atoms with Crippen LogP contribution >= 0.6 is 0 Å². The summed E-state index contributed by atoms with van der Waals surface area (Å²) in [6.07, 6.45) is 7.25. The molecule has 1 unspecified atom stereocenters. The van der Waals surface area contributed by atoms with E-state index < -0.39 is 0 Å². The van der Waals surface area contributed by atoms with Gasteiger partial charge in [-0.25, -0.2) is 10.4 Å². The molecule has 0 aromatic carbocycles. The van der Waals surface area contributed by atoms with Gasteiger partial charge in [-0.05, 0) is 38.0 Å². The van der Waals surface area contributed by atoms with Gasteiger partial charge >= 0.3 is 0 Å². The highest BCUT2D eigenvalue weighted by atomic mass is 16.3. The molecule has 2 aliphatic rings. The minimum absolute atomic E-state index is 0.00775.